The molecule has 31 heavy (non-hydrogen) atoms. The molecule has 0 saturated heterocycles. The molecule has 0 amide bonds. The van der Waals surface area contributed by atoms with Crippen LogP contribution in [0.2, 0.25) is 0 Å². The summed E-state index contributed by atoms with van der Waals surface area (Å²) in [4.78, 5) is 0. The average molecular weight is 443 g/mol. The molecule has 0 radical (unpaired) electrons. The number of ether oxygens (including phenoxy) is 2. The molecule has 0 unspecified atom stereocenters. The second kappa shape index (κ2) is 10.3. The van der Waals surface area contributed by atoms with Gasteiger partial charge in [0.05, 0.1) is 37.8 Å². The van der Waals surface area contributed by atoms with Gasteiger partial charge in [0.25, 0.3) is 0 Å². The minimum atomic E-state index is -0.253. The third-order valence-corrected chi connectivity index (χ3v) is 5.23. The Morgan fingerprint density at radius 3 is 2.55 bits per heavy atom. The number of nitrogens with one attached hydrogen (secondary N) is 2. The summed E-state index contributed by atoms with van der Waals surface area (Å²) in [5.74, 6) is 1.16. The summed E-state index contributed by atoms with van der Waals surface area (Å²) in [7, 11) is 3.24. The molecule has 164 valence electrons. The molecule has 0 aliphatic heterocycles. The lowest BCUT2D eigenvalue weighted by atomic mass is 10.1. The predicted octanol–water partition coefficient (Wildman–Crippen LogP) is 4.23. The fourth-order valence-electron chi connectivity index (χ4n) is 3.35. The summed E-state index contributed by atoms with van der Waals surface area (Å²) in [6, 6.07) is 12.4. The number of anilines is 1. The molecule has 0 saturated carbocycles. The van der Waals surface area contributed by atoms with Gasteiger partial charge in [0.2, 0.25) is 0 Å². The van der Waals surface area contributed by atoms with Crippen LogP contribution in [0.25, 0.3) is 0 Å². The first-order valence-corrected chi connectivity index (χ1v) is 10.4. The van der Waals surface area contributed by atoms with Crippen molar-refractivity contribution in [2.75, 3.05) is 26.1 Å². The number of nitrogens with zero attached hydrogens (tertiary/aromatic N) is 2. The van der Waals surface area contributed by atoms with Crippen LogP contribution in [0, 0.1) is 19.7 Å². The van der Waals surface area contributed by atoms with Crippen LogP contribution in [-0.2, 0) is 13.0 Å². The summed E-state index contributed by atoms with van der Waals surface area (Å²) in [5, 5.41) is 11.6. The van der Waals surface area contributed by atoms with E-state index in [2.05, 4.69) is 15.7 Å². The second-order valence-electron chi connectivity index (χ2n) is 7.15. The Bertz CT molecular complexity index is 1070. The summed E-state index contributed by atoms with van der Waals surface area (Å²) in [6.07, 6.45) is 0.777. The number of hydrogen-bond acceptors (Lipinski definition) is 4. The number of benzene rings is 2. The Kier molecular flexibility index (Phi) is 7.46. The van der Waals surface area contributed by atoms with Gasteiger partial charge in [-0.3, -0.25) is 4.68 Å². The van der Waals surface area contributed by atoms with Gasteiger partial charge in [-0.15, -0.1) is 0 Å². The Balaban J connectivity index is 1.57. The van der Waals surface area contributed by atoms with E-state index in [-0.39, 0.29) is 5.82 Å². The summed E-state index contributed by atoms with van der Waals surface area (Å²) in [6.45, 7) is 5.04. The van der Waals surface area contributed by atoms with Crippen molar-refractivity contribution >= 4 is 23.0 Å². The molecule has 0 bridgehead atoms. The molecule has 0 atom stereocenters. The number of aryl methyl sites for hydroxylation is 1. The van der Waals surface area contributed by atoms with Crippen molar-refractivity contribution in [2.45, 2.75) is 26.8 Å². The van der Waals surface area contributed by atoms with Crippen molar-refractivity contribution in [1.29, 1.82) is 0 Å². The molecule has 1 aromatic heterocycles. The molecular weight excluding hydrogens is 415 g/mol. The standard InChI is InChI=1S/C23H27FN4O2S/c1-15-22(16(2)28(27-15)14-18-6-5-7-19(24)12-18)26-23(31)25-11-10-17-8-9-20(29-3)21(13-17)30-4/h5-9,12-13H,10-11,14H2,1-4H3,(H2,25,26,31). The fourth-order valence-corrected chi connectivity index (χ4v) is 3.56. The van der Waals surface area contributed by atoms with Crippen molar-refractivity contribution < 1.29 is 13.9 Å². The number of rotatable bonds is 8. The van der Waals surface area contributed by atoms with Crippen molar-refractivity contribution in [1.82, 2.24) is 15.1 Å². The monoisotopic (exact) mass is 442 g/mol. The SMILES string of the molecule is COc1ccc(CCNC(=S)Nc2c(C)nn(Cc3cccc(F)c3)c2C)cc1OC. The van der Waals surface area contributed by atoms with Crippen LogP contribution in [0.15, 0.2) is 42.5 Å². The van der Waals surface area contributed by atoms with Crippen LogP contribution >= 0.6 is 12.2 Å². The van der Waals surface area contributed by atoms with Crippen LogP contribution in [0.4, 0.5) is 10.1 Å². The zero-order valence-electron chi connectivity index (χ0n) is 18.2. The molecule has 2 N–H and O–H groups in total. The maximum atomic E-state index is 13.5. The first kappa shape index (κ1) is 22.6. The second-order valence-corrected chi connectivity index (χ2v) is 7.56. The Hall–Kier alpha value is -3.13. The van der Waals surface area contributed by atoms with E-state index in [4.69, 9.17) is 21.7 Å². The zero-order chi connectivity index (χ0) is 22.4. The maximum absolute atomic E-state index is 13.5. The van der Waals surface area contributed by atoms with Crippen LogP contribution in [0.1, 0.15) is 22.5 Å². The molecule has 8 heteroatoms. The minimum Gasteiger partial charge on any atom is -0.493 e. The van der Waals surface area contributed by atoms with E-state index in [1.54, 1.807) is 20.3 Å². The summed E-state index contributed by atoms with van der Waals surface area (Å²) < 4.78 is 25.9. The number of hydrogen-bond donors (Lipinski definition) is 2. The van der Waals surface area contributed by atoms with Gasteiger partial charge in [-0.1, -0.05) is 18.2 Å². The molecule has 3 aromatic rings. The number of thiocarbonyl (C=S) groups is 1. The molecule has 0 fully saturated rings. The topological polar surface area (TPSA) is 60.3 Å². The highest BCUT2D eigenvalue weighted by molar-refractivity contribution is 7.80. The number of halogens is 1. The molecule has 1 heterocycles. The Morgan fingerprint density at radius 1 is 1.06 bits per heavy atom. The summed E-state index contributed by atoms with van der Waals surface area (Å²) in [5.41, 5.74) is 4.60. The predicted molar refractivity (Wildman–Crippen MR) is 125 cm³/mol. The first-order chi connectivity index (χ1) is 14.9. The Labute approximate surface area is 187 Å². The molecule has 0 aliphatic carbocycles. The quantitative estimate of drug-likeness (QED) is 0.509. The summed E-state index contributed by atoms with van der Waals surface area (Å²) >= 11 is 5.46. The zero-order valence-corrected chi connectivity index (χ0v) is 19.0. The van der Waals surface area contributed by atoms with Crippen molar-refractivity contribution in [3.8, 4) is 11.5 Å². The molecule has 2 aromatic carbocycles. The van der Waals surface area contributed by atoms with E-state index in [1.807, 2.05) is 42.8 Å². The molecule has 0 aliphatic rings. The average Bonchev–Trinajstić information content (AvgIpc) is 3.01. The maximum Gasteiger partial charge on any atom is 0.170 e. The van der Waals surface area contributed by atoms with E-state index in [9.17, 15) is 4.39 Å². The lowest BCUT2D eigenvalue weighted by Gasteiger charge is -2.12. The van der Waals surface area contributed by atoms with Crippen LogP contribution in [0.5, 0.6) is 11.5 Å². The van der Waals surface area contributed by atoms with Gasteiger partial charge in [0, 0.05) is 6.54 Å². The third-order valence-electron chi connectivity index (χ3n) is 4.99. The van der Waals surface area contributed by atoms with Gasteiger partial charge in [-0.05, 0) is 67.9 Å². The minimum absolute atomic E-state index is 0.253. The number of aromatic nitrogens is 2. The van der Waals surface area contributed by atoms with Crippen LogP contribution < -0.4 is 20.1 Å². The van der Waals surface area contributed by atoms with Crippen LogP contribution in [-0.4, -0.2) is 35.7 Å². The van der Waals surface area contributed by atoms with Gasteiger partial charge in [0.15, 0.2) is 16.6 Å². The largest absolute Gasteiger partial charge is 0.493 e. The van der Waals surface area contributed by atoms with E-state index in [0.717, 1.165) is 34.6 Å². The van der Waals surface area contributed by atoms with Crippen molar-refractivity contribution in [2.24, 2.45) is 0 Å². The van der Waals surface area contributed by atoms with Gasteiger partial charge < -0.3 is 20.1 Å². The highest BCUT2D eigenvalue weighted by Gasteiger charge is 2.13. The van der Waals surface area contributed by atoms with E-state index >= 15 is 0 Å². The highest BCUT2D eigenvalue weighted by Crippen LogP contribution is 2.27. The molecule has 0 spiro atoms. The molecular formula is C23H27FN4O2S. The smallest absolute Gasteiger partial charge is 0.170 e. The Morgan fingerprint density at radius 2 is 1.84 bits per heavy atom. The normalized spacial score (nSPS) is 10.6. The molecule has 3 rings (SSSR count). The van der Waals surface area contributed by atoms with Crippen molar-refractivity contribution in [3.05, 3.63) is 70.8 Å². The first-order valence-electron chi connectivity index (χ1n) is 9.95. The van der Waals surface area contributed by atoms with E-state index in [1.165, 1.54) is 12.1 Å². The van der Waals surface area contributed by atoms with E-state index in [0.29, 0.717) is 29.7 Å². The van der Waals surface area contributed by atoms with Crippen molar-refractivity contribution in [3.63, 3.8) is 0 Å². The van der Waals surface area contributed by atoms with Gasteiger partial charge in [-0.2, -0.15) is 5.10 Å². The van der Waals surface area contributed by atoms with Crippen LogP contribution in [0.3, 0.4) is 0 Å². The van der Waals surface area contributed by atoms with Gasteiger partial charge in [0.1, 0.15) is 5.82 Å². The van der Waals surface area contributed by atoms with Gasteiger partial charge >= 0.3 is 0 Å². The molecule has 6 nitrogen and oxygen atoms in total. The lowest BCUT2D eigenvalue weighted by Crippen LogP contribution is -2.30. The van der Waals surface area contributed by atoms with Gasteiger partial charge in [-0.25, -0.2) is 4.39 Å². The number of methoxy groups -OCH3 is 2. The third kappa shape index (κ3) is 5.73. The fraction of sp³-hybridized carbons (Fsp3) is 0.304. The highest BCUT2D eigenvalue weighted by atomic mass is 32.1. The van der Waals surface area contributed by atoms with E-state index < -0.39 is 0 Å². The lowest BCUT2D eigenvalue weighted by molar-refractivity contribution is 0.354.